The van der Waals surface area contributed by atoms with Gasteiger partial charge in [0.2, 0.25) is 0 Å². The van der Waals surface area contributed by atoms with Crippen LogP contribution in [0.1, 0.15) is 22.2 Å². The number of nitrogen functional groups attached to an aromatic ring is 1. The number of amides is 1. The zero-order chi connectivity index (χ0) is 15.6. The van der Waals surface area contributed by atoms with Gasteiger partial charge in [-0.3, -0.25) is 4.79 Å². The summed E-state index contributed by atoms with van der Waals surface area (Å²) < 4.78 is 27.9. The second kappa shape index (κ2) is 6.41. The van der Waals surface area contributed by atoms with Crippen molar-refractivity contribution in [2.24, 2.45) is 0 Å². The van der Waals surface area contributed by atoms with E-state index in [-0.39, 0.29) is 17.8 Å². The predicted molar refractivity (Wildman–Crippen MR) is 80.5 cm³/mol. The Morgan fingerprint density at radius 1 is 1.38 bits per heavy atom. The summed E-state index contributed by atoms with van der Waals surface area (Å²) in [5, 5.41) is 0. The van der Waals surface area contributed by atoms with Crippen molar-refractivity contribution >= 4 is 34.5 Å². The summed E-state index contributed by atoms with van der Waals surface area (Å²) in [7, 11) is 0. The first-order chi connectivity index (χ1) is 9.92. The number of rotatable bonds is 4. The minimum absolute atomic E-state index is 0.280. The number of thiophene rings is 1. The number of hydrogen-bond donors (Lipinski definition) is 1. The Balaban J connectivity index is 2.28. The van der Waals surface area contributed by atoms with Gasteiger partial charge in [0.25, 0.3) is 5.91 Å². The van der Waals surface area contributed by atoms with Crippen LogP contribution in [0.25, 0.3) is 0 Å². The monoisotopic (exact) mass is 330 g/mol. The topological polar surface area (TPSA) is 46.3 Å². The third-order valence-corrected chi connectivity index (χ3v) is 4.16. The molecule has 0 unspecified atom stereocenters. The average Bonchev–Trinajstić information content (AvgIpc) is 2.85. The summed E-state index contributed by atoms with van der Waals surface area (Å²) in [6.45, 7) is 2.39. The Hall–Kier alpha value is -1.66. The molecule has 3 nitrogen and oxygen atoms in total. The zero-order valence-electron chi connectivity index (χ0n) is 11.2. The summed E-state index contributed by atoms with van der Waals surface area (Å²) in [6.07, 6.45) is 0. The Morgan fingerprint density at radius 3 is 2.67 bits per heavy atom. The van der Waals surface area contributed by atoms with Gasteiger partial charge in [-0.2, -0.15) is 0 Å². The molecular formula is C14H13ClF2N2OS. The molecular weight excluding hydrogens is 318 g/mol. The van der Waals surface area contributed by atoms with Crippen LogP contribution < -0.4 is 5.73 Å². The third-order valence-electron chi connectivity index (χ3n) is 2.94. The van der Waals surface area contributed by atoms with Crippen LogP contribution in [0.2, 0.25) is 4.34 Å². The summed E-state index contributed by atoms with van der Waals surface area (Å²) >= 11 is 7.17. The minimum atomic E-state index is -0.899. The van der Waals surface area contributed by atoms with E-state index in [4.69, 9.17) is 17.3 Å². The Labute approximate surface area is 129 Å². The van der Waals surface area contributed by atoms with Crippen LogP contribution in [0, 0.1) is 11.6 Å². The number of hydrogen-bond acceptors (Lipinski definition) is 3. The summed E-state index contributed by atoms with van der Waals surface area (Å²) in [4.78, 5) is 14.6. The van der Waals surface area contributed by atoms with E-state index in [1.807, 2.05) is 0 Å². The van der Waals surface area contributed by atoms with Gasteiger partial charge in [0.15, 0.2) is 5.82 Å². The fourth-order valence-electron chi connectivity index (χ4n) is 1.89. The lowest BCUT2D eigenvalue weighted by Crippen LogP contribution is -2.31. The van der Waals surface area contributed by atoms with Crippen molar-refractivity contribution < 1.29 is 13.6 Å². The van der Waals surface area contributed by atoms with Crippen molar-refractivity contribution in [2.75, 3.05) is 12.3 Å². The fourth-order valence-corrected chi connectivity index (χ4v) is 2.99. The van der Waals surface area contributed by atoms with E-state index in [0.717, 1.165) is 17.0 Å². The number of benzene rings is 1. The van der Waals surface area contributed by atoms with Crippen molar-refractivity contribution in [2.45, 2.75) is 13.5 Å². The van der Waals surface area contributed by atoms with Crippen LogP contribution in [0.5, 0.6) is 0 Å². The van der Waals surface area contributed by atoms with Gasteiger partial charge in [0, 0.05) is 11.4 Å². The highest BCUT2D eigenvalue weighted by atomic mass is 35.5. The highest BCUT2D eigenvalue weighted by molar-refractivity contribution is 7.16. The average molecular weight is 331 g/mol. The van der Waals surface area contributed by atoms with Crippen LogP contribution in [-0.4, -0.2) is 17.4 Å². The van der Waals surface area contributed by atoms with Crippen LogP contribution in [0.4, 0.5) is 14.5 Å². The zero-order valence-corrected chi connectivity index (χ0v) is 12.8. The number of nitrogens with two attached hydrogens (primary N) is 1. The molecule has 1 aromatic heterocycles. The number of halogens is 3. The van der Waals surface area contributed by atoms with Crippen molar-refractivity contribution in [3.8, 4) is 0 Å². The van der Waals surface area contributed by atoms with Crippen LogP contribution in [-0.2, 0) is 6.54 Å². The molecule has 7 heteroatoms. The van der Waals surface area contributed by atoms with Gasteiger partial charge in [0.1, 0.15) is 5.82 Å². The summed E-state index contributed by atoms with van der Waals surface area (Å²) in [5.41, 5.74) is 4.61. The largest absolute Gasteiger partial charge is 0.396 e. The van der Waals surface area contributed by atoms with Gasteiger partial charge in [-0.15, -0.1) is 11.3 Å². The molecule has 0 spiro atoms. The molecule has 0 saturated heterocycles. The summed E-state index contributed by atoms with van der Waals surface area (Å²) in [6, 6.07) is 5.22. The number of nitrogens with zero attached hydrogens (tertiary/aromatic N) is 1. The molecule has 1 heterocycles. The number of carbonyl (C=O) groups excluding carboxylic acids is 1. The molecule has 112 valence electrons. The maximum atomic E-state index is 13.9. The molecule has 1 aromatic carbocycles. The van der Waals surface area contributed by atoms with Crippen LogP contribution in [0.15, 0.2) is 24.3 Å². The van der Waals surface area contributed by atoms with Crippen molar-refractivity contribution in [3.05, 3.63) is 50.7 Å². The highest BCUT2D eigenvalue weighted by Crippen LogP contribution is 2.24. The minimum Gasteiger partial charge on any atom is -0.396 e. The van der Waals surface area contributed by atoms with E-state index in [2.05, 4.69) is 0 Å². The summed E-state index contributed by atoms with van der Waals surface area (Å²) in [5.74, 6) is -2.25. The van der Waals surface area contributed by atoms with Gasteiger partial charge < -0.3 is 10.6 Å². The molecule has 0 fully saturated rings. The molecule has 2 aromatic rings. The van der Waals surface area contributed by atoms with Gasteiger partial charge in [0.05, 0.1) is 22.1 Å². The molecule has 0 saturated carbocycles. The second-order valence-electron chi connectivity index (χ2n) is 4.38. The Morgan fingerprint density at radius 2 is 2.10 bits per heavy atom. The normalized spacial score (nSPS) is 10.7. The number of carbonyl (C=O) groups is 1. The van der Waals surface area contributed by atoms with Crippen LogP contribution >= 0.6 is 22.9 Å². The molecule has 0 bridgehead atoms. The lowest BCUT2D eigenvalue weighted by Gasteiger charge is -2.20. The standard InChI is InChI=1S/C14H13ClF2N2OS/c1-2-19(7-9-3-4-12(15)21-9)14(20)10-5-8(16)6-11(18)13(10)17/h3-6H,2,7,18H2,1H3. The first-order valence-corrected chi connectivity index (χ1v) is 7.39. The van der Waals surface area contributed by atoms with E-state index < -0.39 is 17.5 Å². The van der Waals surface area contributed by atoms with Crippen molar-refractivity contribution in [1.82, 2.24) is 4.90 Å². The molecule has 2 N–H and O–H groups in total. The van der Waals surface area contributed by atoms with Gasteiger partial charge in [-0.05, 0) is 31.2 Å². The SMILES string of the molecule is CCN(Cc1ccc(Cl)s1)C(=O)c1cc(F)cc(N)c1F. The molecule has 0 aliphatic rings. The molecule has 0 radical (unpaired) electrons. The van der Waals surface area contributed by atoms with Crippen LogP contribution in [0.3, 0.4) is 0 Å². The molecule has 21 heavy (non-hydrogen) atoms. The lowest BCUT2D eigenvalue weighted by atomic mass is 10.1. The first kappa shape index (κ1) is 15.7. The third kappa shape index (κ3) is 3.51. The van der Waals surface area contributed by atoms with E-state index >= 15 is 0 Å². The van der Waals surface area contributed by atoms with E-state index in [1.54, 1.807) is 19.1 Å². The van der Waals surface area contributed by atoms with Gasteiger partial charge >= 0.3 is 0 Å². The van der Waals surface area contributed by atoms with Gasteiger partial charge in [-0.1, -0.05) is 11.6 Å². The number of anilines is 1. The maximum absolute atomic E-state index is 13.9. The molecule has 0 atom stereocenters. The molecule has 2 rings (SSSR count). The lowest BCUT2D eigenvalue weighted by molar-refractivity contribution is 0.0749. The molecule has 0 aliphatic heterocycles. The second-order valence-corrected chi connectivity index (χ2v) is 6.18. The quantitative estimate of drug-likeness (QED) is 0.863. The van der Waals surface area contributed by atoms with Crippen molar-refractivity contribution in [3.63, 3.8) is 0 Å². The predicted octanol–water partition coefficient (Wildman–Crippen LogP) is 3.92. The van der Waals surface area contributed by atoms with E-state index in [0.29, 0.717) is 10.9 Å². The highest BCUT2D eigenvalue weighted by Gasteiger charge is 2.21. The smallest absolute Gasteiger partial charge is 0.257 e. The van der Waals surface area contributed by atoms with E-state index in [9.17, 15) is 13.6 Å². The Kier molecular flexibility index (Phi) is 4.80. The maximum Gasteiger partial charge on any atom is 0.257 e. The molecule has 0 aliphatic carbocycles. The van der Waals surface area contributed by atoms with E-state index in [1.165, 1.54) is 16.2 Å². The molecule has 1 amide bonds. The Bertz CT molecular complexity index is 675. The fraction of sp³-hybridized carbons (Fsp3) is 0.214. The van der Waals surface area contributed by atoms with Crippen molar-refractivity contribution in [1.29, 1.82) is 0 Å². The first-order valence-electron chi connectivity index (χ1n) is 6.20. The van der Waals surface area contributed by atoms with Gasteiger partial charge in [-0.25, -0.2) is 8.78 Å².